The second kappa shape index (κ2) is 7.10. The number of halogens is 4. The third kappa shape index (κ3) is 4.19. The van der Waals surface area contributed by atoms with Gasteiger partial charge in [0.05, 0.1) is 5.02 Å². The number of benzene rings is 2. The molecule has 0 amide bonds. The standard InChI is InChI=1S/C16H15BrCl2FN/c1-9(11-3-5-12(17)6-4-11)21-10(2)13-7-16(20)15(19)8-14(13)18/h3-10,21H,1-2H3/t9-,10?/m1/s1. The van der Waals surface area contributed by atoms with Crippen molar-refractivity contribution < 1.29 is 4.39 Å². The van der Waals surface area contributed by atoms with E-state index in [-0.39, 0.29) is 17.1 Å². The van der Waals surface area contributed by atoms with Gasteiger partial charge in [-0.05, 0) is 49.2 Å². The van der Waals surface area contributed by atoms with Crippen LogP contribution in [0.2, 0.25) is 10.0 Å². The molecule has 1 nitrogen and oxygen atoms in total. The molecule has 0 aliphatic heterocycles. The van der Waals surface area contributed by atoms with Crippen LogP contribution in [0.25, 0.3) is 0 Å². The van der Waals surface area contributed by atoms with Crippen LogP contribution in [0.5, 0.6) is 0 Å². The van der Waals surface area contributed by atoms with Gasteiger partial charge in [-0.2, -0.15) is 0 Å². The highest BCUT2D eigenvalue weighted by Crippen LogP contribution is 2.30. The molecule has 0 heterocycles. The summed E-state index contributed by atoms with van der Waals surface area (Å²) in [4.78, 5) is 0. The highest BCUT2D eigenvalue weighted by molar-refractivity contribution is 9.10. The smallest absolute Gasteiger partial charge is 0.142 e. The van der Waals surface area contributed by atoms with E-state index in [1.165, 1.54) is 12.1 Å². The molecule has 0 bridgehead atoms. The van der Waals surface area contributed by atoms with Crippen molar-refractivity contribution in [3.8, 4) is 0 Å². The molecule has 2 aromatic carbocycles. The monoisotopic (exact) mass is 389 g/mol. The van der Waals surface area contributed by atoms with E-state index in [0.717, 1.165) is 10.0 Å². The molecule has 5 heteroatoms. The van der Waals surface area contributed by atoms with Crippen molar-refractivity contribution in [3.63, 3.8) is 0 Å². The molecule has 2 rings (SSSR count). The fraction of sp³-hybridized carbons (Fsp3) is 0.250. The van der Waals surface area contributed by atoms with Gasteiger partial charge in [-0.1, -0.05) is 51.3 Å². The Morgan fingerprint density at radius 3 is 2.24 bits per heavy atom. The first-order valence-electron chi connectivity index (χ1n) is 6.54. The van der Waals surface area contributed by atoms with Crippen LogP contribution >= 0.6 is 39.1 Å². The van der Waals surface area contributed by atoms with Gasteiger partial charge in [0.2, 0.25) is 0 Å². The van der Waals surface area contributed by atoms with Crippen LogP contribution in [-0.2, 0) is 0 Å². The quantitative estimate of drug-likeness (QED) is 0.603. The Kier molecular flexibility index (Phi) is 5.67. The highest BCUT2D eigenvalue weighted by atomic mass is 79.9. The minimum absolute atomic E-state index is 0.0388. The summed E-state index contributed by atoms with van der Waals surface area (Å²) in [5.74, 6) is -0.457. The minimum Gasteiger partial charge on any atom is -0.304 e. The lowest BCUT2D eigenvalue weighted by Gasteiger charge is -2.22. The summed E-state index contributed by atoms with van der Waals surface area (Å²) in [7, 11) is 0. The van der Waals surface area contributed by atoms with E-state index in [0.29, 0.717) is 10.6 Å². The molecule has 0 fully saturated rings. The van der Waals surface area contributed by atoms with Crippen molar-refractivity contribution in [1.29, 1.82) is 0 Å². The largest absolute Gasteiger partial charge is 0.304 e. The van der Waals surface area contributed by atoms with Crippen molar-refractivity contribution >= 4 is 39.1 Å². The Labute approximate surface area is 142 Å². The second-order valence-corrected chi connectivity index (χ2v) is 6.68. The normalized spacial score (nSPS) is 14.0. The Bertz CT molecular complexity index is 631. The van der Waals surface area contributed by atoms with Crippen molar-refractivity contribution in [2.45, 2.75) is 25.9 Å². The van der Waals surface area contributed by atoms with Gasteiger partial charge in [0.1, 0.15) is 5.82 Å². The van der Waals surface area contributed by atoms with Crippen LogP contribution in [0, 0.1) is 5.82 Å². The van der Waals surface area contributed by atoms with Gasteiger partial charge in [0, 0.05) is 21.6 Å². The van der Waals surface area contributed by atoms with Crippen LogP contribution in [0.15, 0.2) is 40.9 Å². The van der Waals surface area contributed by atoms with Crippen LogP contribution in [0.3, 0.4) is 0 Å². The molecule has 0 saturated heterocycles. The average molecular weight is 391 g/mol. The summed E-state index contributed by atoms with van der Waals surface area (Å²) < 4.78 is 14.6. The lowest BCUT2D eigenvalue weighted by molar-refractivity contribution is 0.492. The summed E-state index contributed by atoms with van der Waals surface area (Å²) in [6.45, 7) is 4.00. The van der Waals surface area contributed by atoms with Gasteiger partial charge < -0.3 is 5.32 Å². The minimum atomic E-state index is -0.457. The van der Waals surface area contributed by atoms with E-state index < -0.39 is 5.82 Å². The van der Waals surface area contributed by atoms with E-state index in [4.69, 9.17) is 23.2 Å². The zero-order chi connectivity index (χ0) is 15.6. The third-order valence-corrected chi connectivity index (χ3v) is 4.52. The van der Waals surface area contributed by atoms with Crippen LogP contribution < -0.4 is 5.32 Å². The molecule has 2 aromatic rings. The Morgan fingerprint density at radius 2 is 1.62 bits per heavy atom. The van der Waals surface area contributed by atoms with Crippen molar-refractivity contribution in [2.75, 3.05) is 0 Å². The van der Waals surface area contributed by atoms with Crippen LogP contribution in [0.1, 0.15) is 37.1 Å². The third-order valence-electron chi connectivity index (χ3n) is 3.38. The molecule has 0 saturated carbocycles. The van der Waals surface area contributed by atoms with Crippen molar-refractivity contribution in [1.82, 2.24) is 5.32 Å². The van der Waals surface area contributed by atoms with E-state index in [9.17, 15) is 4.39 Å². The fourth-order valence-electron chi connectivity index (χ4n) is 2.18. The van der Waals surface area contributed by atoms with Crippen LogP contribution in [0.4, 0.5) is 4.39 Å². The zero-order valence-electron chi connectivity index (χ0n) is 11.6. The molecule has 1 unspecified atom stereocenters. The first-order valence-corrected chi connectivity index (χ1v) is 8.09. The maximum Gasteiger partial charge on any atom is 0.142 e. The van der Waals surface area contributed by atoms with Crippen molar-refractivity contribution in [3.05, 3.63) is 67.9 Å². The van der Waals surface area contributed by atoms with Gasteiger partial charge >= 0.3 is 0 Å². The first-order chi connectivity index (χ1) is 9.88. The highest BCUT2D eigenvalue weighted by Gasteiger charge is 2.16. The number of nitrogens with one attached hydrogen (secondary N) is 1. The molecule has 0 aliphatic rings. The van der Waals surface area contributed by atoms with Gasteiger partial charge in [-0.15, -0.1) is 0 Å². The molecule has 112 valence electrons. The summed E-state index contributed by atoms with van der Waals surface area (Å²) >= 11 is 15.3. The molecule has 21 heavy (non-hydrogen) atoms. The molecule has 0 radical (unpaired) electrons. The van der Waals surface area contributed by atoms with Crippen LogP contribution in [-0.4, -0.2) is 0 Å². The Balaban J connectivity index is 2.15. The van der Waals surface area contributed by atoms with Gasteiger partial charge in [0.25, 0.3) is 0 Å². The van der Waals surface area contributed by atoms with Gasteiger partial charge in [0.15, 0.2) is 0 Å². The summed E-state index contributed by atoms with van der Waals surface area (Å²) in [5.41, 5.74) is 1.85. The lowest BCUT2D eigenvalue weighted by atomic mass is 10.0. The molecule has 0 aromatic heterocycles. The lowest BCUT2D eigenvalue weighted by Crippen LogP contribution is -2.22. The Hall–Kier alpha value is -0.610. The van der Waals surface area contributed by atoms with E-state index in [1.807, 2.05) is 31.2 Å². The van der Waals surface area contributed by atoms with Crippen molar-refractivity contribution in [2.24, 2.45) is 0 Å². The topological polar surface area (TPSA) is 12.0 Å². The molecular weight excluding hydrogens is 376 g/mol. The number of rotatable bonds is 4. The second-order valence-electron chi connectivity index (χ2n) is 4.95. The van der Waals surface area contributed by atoms with Gasteiger partial charge in [-0.3, -0.25) is 0 Å². The molecular formula is C16H15BrCl2FN. The van der Waals surface area contributed by atoms with Gasteiger partial charge in [-0.25, -0.2) is 4.39 Å². The average Bonchev–Trinajstić information content (AvgIpc) is 2.43. The molecule has 0 spiro atoms. The number of hydrogen-bond donors (Lipinski definition) is 1. The summed E-state index contributed by atoms with van der Waals surface area (Å²) in [6.07, 6.45) is 0. The maximum atomic E-state index is 13.6. The predicted octanol–water partition coefficient (Wildman–Crippen LogP) is 6.31. The molecule has 1 N–H and O–H groups in total. The van der Waals surface area contributed by atoms with E-state index >= 15 is 0 Å². The number of hydrogen-bond acceptors (Lipinski definition) is 1. The summed E-state index contributed by atoms with van der Waals surface area (Å²) in [5, 5.41) is 3.91. The zero-order valence-corrected chi connectivity index (χ0v) is 14.7. The maximum absolute atomic E-state index is 13.6. The first kappa shape index (κ1) is 16.8. The van der Waals surface area contributed by atoms with E-state index in [1.54, 1.807) is 0 Å². The van der Waals surface area contributed by atoms with E-state index in [2.05, 4.69) is 28.2 Å². The molecule has 2 atom stereocenters. The predicted molar refractivity (Wildman–Crippen MR) is 90.5 cm³/mol. The SMILES string of the molecule is CC(N[C@H](C)c1ccc(Br)cc1)c1cc(F)c(Cl)cc1Cl. The fourth-order valence-corrected chi connectivity index (χ4v) is 2.99. The summed E-state index contributed by atoms with van der Waals surface area (Å²) in [6, 6.07) is 10.9. The Morgan fingerprint density at radius 1 is 1.00 bits per heavy atom. The molecule has 0 aliphatic carbocycles.